The molecule has 0 aromatic carbocycles. The molecule has 0 amide bonds. The van der Waals surface area contributed by atoms with Gasteiger partial charge < -0.3 is 5.32 Å². The summed E-state index contributed by atoms with van der Waals surface area (Å²) >= 11 is 0. The van der Waals surface area contributed by atoms with Crippen molar-refractivity contribution in [3.05, 3.63) is 0 Å². The molecule has 0 bridgehead atoms. The average molecular weight is 227 g/mol. The van der Waals surface area contributed by atoms with Crippen molar-refractivity contribution in [2.24, 2.45) is 5.92 Å². The van der Waals surface area contributed by atoms with E-state index < -0.39 is 0 Å². The first-order chi connectivity index (χ1) is 7.70. The SMILES string of the molecule is CCCCCCCCCC(C)CC(C)NC. The van der Waals surface area contributed by atoms with Gasteiger partial charge in [-0.15, -0.1) is 0 Å². The summed E-state index contributed by atoms with van der Waals surface area (Å²) in [6, 6.07) is 0.680. The minimum Gasteiger partial charge on any atom is -0.317 e. The highest BCUT2D eigenvalue weighted by Gasteiger charge is 2.06. The summed E-state index contributed by atoms with van der Waals surface area (Å²) in [5.41, 5.74) is 0. The summed E-state index contributed by atoms with van der Waals surface area (Å²) in [4.78, 5) is 0. The van der Waals surface area contributed by atoms with E-state index in [1.807, 2.05) is 0 Å². The van der Waals surface area contributed by atoms with Crippen LogP contribution in [-0.2, 0) is 0 Å². The van der Waals surface area contributed by atoms with Gasteiger partial charge in [0.2, 0.25) is 0 Å². The van der Waals surface area contributed by atoms with Crippen LogP contribution >= 0.6 is 0 Å². The van der Waals surface area contributed by atoms with Crippen molar-refractivity contribution < 1.29 is 0 Å². The third kappa shape index (κ3) is 10.5. The molecule has 16 heavy (non-hydrogen) atoms. The molecule has 2 atom stereocenters. The molecule has 0 radical (unpaired) electrons. The molecule has 0 spiro atoms. The zero-order valence-electron chi connectivity index (χ0n) is 12.0. The van der Waals surface area contributed by atoms with Crippen LogP contribution in [0.15, 0.2) is 0 Å². The zero-order chi connectivity index (χ0) is 12.2. The van der Waals surface area contributed by atoms with Crippen molar-refractivity contribution in [3.8, 4) is 0 Å². The van der Waals surface area contributed by atoms with Crippen LogP contribution in [0.2, 0.25) is 0 Å². The van der Waals surface area contributed by atoms with E-state index >= 15 is 0 Å². The van der Waals surface area contributed by atoms with E-state index in [1.54, 1.807) is 0 Å². The summed E-state index contributed by atoms with van der Waals surface area (Å²) in [5.74, 6) is 0.887. The number of nitrogens with one attached hydrogen (secondary N) is 1. The van der Waals surface area contributed by atoms with Crippen LogP contribution in [0.1, 0.15) is 78.6 Å². The van der Waals surface area contributed by atoms with Gasteiger partial charge in [0.1, 0.15) is 0 Å². The van der Waals surface area contributed by atoms with E-state index in [-0.39, 0.29) is 0 Å². The van der Waals surface area contributed by atoms with Crippen LogP contribution in [0.4, 0.5) is 0 Å². The van der Waals surface area contributed by atoms with Crippen molar-refractivity contribution in [1.29, 1.82) is 0 Å². The highest BCUT2D eigenvalue weighted by Crippen LogP contribution is 2.16. The molecular formula is C15H33N. The zero-order valence-corrected chi connectivity index (χ0v) is 12.0. The standard InChI is InChI=1S/C15H33N/c1-5-6-7-8-9-10-11-12-14(2)13-15(3)16-4/h14-16H,5-13H2,1-4H3. The molecule has 1 nitrogen and oxygen atoms in total. The Balaban J connectivity index is 3.18. The summed E-state index contributed by atoms with van der Waals surface area (Å²) in [5, 5.41) is 3.32. The number of unbranched alkanes of at least 4 members (excludes halogenated alkanes) is 6. The molecule has 2 unspecified atom stereocenters. The number of hydrogen-bond acceptors (Lipinski definition) is 1. The van der Waals surface area contributed by atoms with Gasteiger partial charge in [-0.05, 0) is 26.3 Å². The fraction of sp³-hybridized carbons (Fsp3) is 1.00. The van der Waals surface area contributed by atoms with Crippen LogP contribution in [0.3, 0.4) is 0 Å². The minimum atomic E-state index is 0.680. The van der Waals surface area contributed by atoms with E-state index in [9.17, 15) is 0 Å². The molecule has 0 aliphatic heterocycles. The fourth-order valence-electron chi connectivity index (χ4n) is 2.29. The predicted octanol–water partition coefficient (Wildman–Crippen LogP) is 4.76. The second-order valence-corrected chi connectivity index (χ2v) is 5.44. The average Bonchev–Trinajstić information content (AvgIpc) is 2.27. The summed E-state index contributed by atoms with van der Waals surface area (Å²) in [6.07, 6.45) is 12.8. The van der Waals surface area contributed by atoms with Crippen molar-refractivity contribution in [3.63, 3.8) is 0 Å². The first-order valence-corrected chi connectivity index (χ1v) is 7.38. The molecule has 0 aromatic rings. The Hall–Kier alpha value is -0.0400. The molecule has 0 aliphatic carbocycles. The first kappa shape index (κ1) is 16.0. The Morgan fingerprint density at radius 1 is 0.875 bits per heavy atom. The van der Waals surface area contributed by atoms with E-state index in [0.29, 0.717) is 6.04 Å². The molecular weight excluding hydrogens is 194 g/mol. The maximum Gasteiger partial charge on any atom is 0.00382 e. The Morgan fingerprint density at radius 3 is 2.00 bits per heavy atom. The van der Waals surface area contributed by atoms with Gasteiger partial charge >= 0.3 is 0 Å². The quantitative estimate of drug-likeness (QED) is 0.502. The second kappa shape index (κ2) is 11.4. The lowest BCUT2D eigenvalue weighted by atomic mass is 9.96. The largest absolute Gasteiger partial charge is 0.317 e. The third-order valence-corrected chi connectivity index (χ3v) is 3.55. The Morgan fingerprint density at radius 2 is 1.44 bits per heavy atom. The summed E-state index contributed by atoms with van der Waals surface area (Å²) < 4.78 is 0. The van der Waals surface area contributed by atoms with Crippen molar-refractivity contribution >= 4 is 0 Å². The van der Waals surface area contributed by atoms with Crippen LogP contribution in [-0.4, -0.2) is 13.1 Å². The van der Waals surface area contributed by atoms with Gasteiger partial charge in [-0.25, -0.2) is 0 Å². The minimum absolute atomic E-state index is 0.680. The molecule has 0 aromatic heterocycles. The molecule has 1 N–H and O–H groups in total. The monoisotopic (exact) mass is 227 g/mol. The Bertz CT molecular complexity index is 133. The van der Waals surface area contributed by atoms with E-state index in [4.69, 9.17) is 0 Å². The maximum absolute atomic E-state index is 3.32. The number of hydrogen-bond donors (Lipinski definition) is 1. The van der Waals surface area contributed by atoms with Gasteiger partial charge in [0.15, 0.2) is 0 Å². The number of rotatable bonds is 11. The molecule has 0 fully saturated rings. The van der Waals surface area contributed by atoms with Gasteiger partial charge in [-0.3, -0.25) is 0 Å². The van der Waals surface area contributed by atoms with E-state index in [0.717, 1.165) is 5.92 Å². The fourth-order valence-corrected chi connectivity index (χ4v) is 2.29. The Labute approximate surface area is 103 Å². The third-order valence-electron chi connectivity index (χ3n) is 3.55. The molecule has 98 valence electrons. The molecule has 0 saturated heterocycles. The van der Waals surface area contributed by atoms with Gasteiger partial charge in [0.05, 0.1) is 0 Å². The first-order valence-electron chi connectivity index (χ1n) is 7.38. The van der Waals surface area contributed by atoms with Crippen LogP contribution < -0.4 is 5.32 Å². The lowest BCUT2D eigenvalue weighted by Crippen LogP contribution is -2.23. The summed E-state index contributed by atoms with van der Waals surface area (Å²) in [7, 11) is 2.06. The van der Waals surface area contributed by atoms with Gasteiger partial charge in [0, 0.05) is 6.04 Å². The lowest BCUT2D eigenvalue weighted by molar-refractivity contribution is 0.402. The highest BCUT2D eigenvalue weighted by molar-refractivity contribution is 4.63. The van der Waals surface area contributed by atoms with Crippen molar-refractivity contribution in [1.82, 2.24) is 5.32 Å². The molecule has 0 rings (SSSR count). The van der Waals surface area contributed by atoms with Gasteiger partial charge in [-0.2, -0.15) is 0 Å². The predicted molar refractivity (Wildman–Crippen MR) is 74.9 cm³/mol. The maximum atomic E-state index is 3.32. The van der Waals surface area contributed by atoms with E-state index in [1.165, 1.54) is 57.8 Å². The van der Waals surface area contributed by atoms with Crippen LogP contribution in [0.25, 0.3) is 0 Å². The molecule has 1 heteroatoms. The summed E-state index contributed by atoms with van der Waals surface area (Å²) in [6.45, 7) is 6.96. The van der Waals surface area contributed by atoms with Crippen molar-refractivity contribution in [2.45, 2.75) is 84.6 Å². The van der Waals surface area contributed by atoms with Gasteiger partial charge in [-0.1, -0.05) is 65.2 Å². The molecule has 0 saturated carbocycles. The molecule has 0 aliphatic rings. The molecule has 0 heterocycles. The smallest absolute Gasteiger partial charge is 0.00382 e. The van der Waals surface area contributed by atoms with Crippen molar-refractivity contribution in [2.75, 3.05) is 7.05 Å². The normalized spacial score (nSPS) is 15.0. The Kier molecular flexibility index (Phi) is 11.4. The van der Waals surface area contributed by atoms with Crippen LogP contribution in [0.5, 0.6) is 0 Å². The topological polar surface area (TPSA) is 12.0 Å². The lowest BCUT2D eigenvalue weighted by Gasteiger charge is -2.16. The van der Waals surface area contributed by atoms with E-state index in [2.05, 4.69) is 33.1 Å². The van der Waals surface area contributed by atoms with Gasteiger partial charge in [0.25, 0.3) is 0 Å². The second-order valence-electron chi connectivity index (χ2n) is 5.44. The van der Waals surface area contributed by atoms with Crippen LogP contribution in [0, 0.1) is 5.92 Å². The highest BCUT2D eigenvalue weighted by atomic mass is 14.8.